The van der Waals surface area contributed by atoms with Crippen molar-refractivity contribution in [2.24, 2.45) is 0 Å². The van der Waals surface area contributed by atoms with Gasteiger partial charge in [-0.05, 0) is 57.8 Å². The summed E-state index contributed by atoms with van der Waals surface area (Å²) >= 11 is 0. The number of hydrogen-bond donors (Lipinski definition) is 3. The van der Waals surface area contributed by atoms with Crippen LogP contribution >= 0.6 is 0 Å². The van der Waals surface area contributed by atoms with E-state index in [1.165, 1.54) is 302 Å². The molecule has 0 spiro atoms. The first-order valence-corrected chi connectivity index (χ1v) is 33.1. The van der Waals surface area contributed by atoms with Crippen LogP contribution in [0.1, 0.15) is 367 Å². The van der Waals surface area contributed by atoms with Crippen LogP contribution in [0.2, 0.25) is 0 Å². The summed E-state index contributed by atoms with van der Waals surface area (Å²) in [7, 11) is 0. The van der Waals surface area contributed by atoms with Crippen LogP contribution < -0.4 is 5.32 Å². The Hall–Kier alpha value is -1.66. The molecule has 0 saturated heterocycles. The van der Waals surface area contributed by atoms with Gasteiger partial charge in [0.1, 0.15) is 0 Å². The van der Waals surface area contributed by atoms with Gasteiger partial charge in [-0.2, -0.15) is 0 Å². The molecule has 0 bridgehead atoms. The van der Waals surface area contributed by atoms with Crippen molar-refractivity contribution in [1.29, 1.82) is 0 Å². The van der Waals surface area contributed by atoms with E-state index in [-0.39, 0.29) is 18.5 Å². The highest BCUT2D eigenvalue weighted by Gasteiger charge is 2.18. The molecule has 0 aromatic rings. The molecule has 0 rings (SSSR count). The molecule has 6 nitrogen and oxygen atoms in total. The summed E-state index contributed by atoms with van der Waals surface area (Å²) in [4.78, 5) is 24.5. The zero-order chi connectivity index (χ0) is 52.9. The molecule has 2 unspecified atom stereocenters. The first-order valence-electron chi connectivity index (χ1n) is 33.1. The van der Waals surface area contributed by atoms with Crippen molar-refractivity contribution in [2.45, 2.75) is 379 Å². The monoisotopic (exact) mass is 1030 g/mol. The number of ether oxygens (including phenoxy) is 1. The minimum atomic E-state index is -0.841. The standard InChI is InChI=1S/C67H129NO5/c1-3-5-7-9-11-13-15-36-40-43-47-51-55-59-65(70)64(63-69)68-66(71)60-56-52-48-44-41-37-34-32-30-28-26-24-22-20-18-16-17-19-21-23-25-27-29-31-33-35-38-42-46-50-54-58-62-73-67(72)61-57-53-49-45-39-14-12-10-8-6-4-2/h19,21,55,59,64-65,69-70H,3-18,20,22-54,56-58,60-63H2,1-2H3,(H,68,71)/b21-19-,59-55+. The Bertz CT molecular complexity index is 1140. The van der Waals surface area contributed by atoms with Gasteiger partial charge >= 0.3 is 5.97 Å². The number of carbonyl (C=O) groups excluding carboxylic acids is 2. The van der Waals surface area contributed by atoms with Gasteiger partial charge in [-0.3, -0.25) is 9.59 Å². The Morgan fingerprint density at radius 3 is 0.973 bits per heavy atom. The molecule has 0 aliphatic carbocycles. The molecule has 0 radical (unpaired) electrons. The molecule has 0 aliphatic heterocycles. The van der Waals surface area contributed by atoms with E-state index in [1.807, 2.05) is 6.08 Å². The Labute approximate surface area is 456 Å². The number of aliphatic hydroxyl groups excluding tert-OH is 2. The fraction of sp³-hybridized carbons (Fsp3) is 0.910. The molecular formula is C67H129NO5. The summed E-state index contributed by atoms with van der Waals surface area (Å²) in [5.41, 5.74) is 0. The van der Waals surface area contributed by atoms with E-state index in [1.54, 1.807) is 6.08 Å². The molecule has 0 aromatic carbocycles. The fourth-order valence-corrected chi connectivity index (χ4v) is 10.4. The van der Waals surface area contributed by atoms with Crippen molar-refractivity contribution in [3.05, 3.63) is 24.3 Å². The minimum Gasteiger partial charge on any atom is -0.466 e. The maximum atomic E-state index is 12.5. The summed E-state index contributed by atoms with van der Waals surface area (Å²) < 4.78 is 5.47. The van der Waals surface area contributed by atoms with Crippen molar-refractivity contribution < 1.29 is 24.5 Å². The Morgan fingerprint density at radius 1 is 0.370 bits per heavy atom. The lowest BCUT2D eigenvalue weighted by Crippen LogP contribution is -2.45. The third-order valence-electron chi connectivity index (χ3n) is 15.5. The predicted molar refractivity (Wildman–Crippen MR) is 320 cm³/mol. The number of amides is 1. The molecule has 3 N–H and O–H groups in total. The van der Waals surface area contributed by atoms with E-state index in [2.05, 4.69) is 31.3 Å². The van der Waals surface area contributed by atoms with E-state index in [4.69, 9.17) is 4.74 Å². The van der Waals surface area contributed by atoms with Crippen LogP contribution in [-0.2, 0) is 14.3 Å². The Kier molecular flexibility index (Phi) is 61.4. The van der Waals surface area contributed by atoms with Crippen molar-refractivity contribution >= 4 is 11.9 Å². The van der Waals surface area contributed by atoms with E-state index < -0.39 is 12.1 Å². The third-order valence-corrected chi connectivity index (χ3v) is 15.5. The number of esters is 1. The van der Waals surface area contributed by atoms with Gasteiger partial charge in [-0.25, -0.2) is 0 Å². The average Bonchev–Trinajstić information content (AvgIpc) is 3.39. The Balaban J connectivity index is 3.36. The number of aliphatic hydroxyl groups is 2. The zero-order valence-electron chi connectivity index (χ0n) is 49.4. The van der Waals surface area contributed by atoms with Crippen LogP contribution in [0.25, 0.3) is 0 Å². The van der Waals surface area contributed by atoms with E-state index in [0.717, 1.165) is 38.5 Å². The van der Waals surface area contributed by atoms with Gasteiger partial charge < -0.3 is 20.3 Å². The van der Waals surface area contributed by atoms with Crippen LogP contribution in [0.3, 0.4) is 0 Å². The Morgan fingerprint density at radius 2 is 0.644 bits per heavy atom. The summed E-state index contributed by atoms with van der Waals surface area (Å²) in [5.74, 6) is -0.0462. The van der Waals surface area contributed by atoms with Crippen LogP contribution in [0, 0.1) is 0 Å². The second-order valence-electron chi connectivity index (χ2n) is 22.8. The molecule has 0 aliphatic rings. The molecule has 0 heterocycles. The van der Waals surface area contributed by atoms with Crippen LogP contribution in [0.4, 0.5) is 0 Å². The molecule has 0 fully saturated rings. The molecule has 432 valence electrons. The first-order chi connectivity index (χ1) is 36.0. The lowest BCUT2D eigenvalue weighted by Gasteiger charge is -2.20. The highest BCUT2D eigenvalue weighted by Crippen LogP contribution is 2.18. The van der Waals surface area contributed by atoms with Gasteiger partial charge in [-0.1, -0.05) is 321 Å². The van der Waals surface area contributed by atoms with Gasteiger partial charge in [0.05, 0.1) is 25.4 Å². The van der Waals surface area contributed by atoms with Crippen LogP contribution in [0.15, 0.2) is 24.3 Å². The first kappa shape index (κ1) is 71.3. The van der Waals surface area contributed by atoms with Crippen LogP contribution in [0.5, 0.6) is 0 Å². The van der Waals surface area contributed by atoms with Crippen LogP contribution in [-0.4, -0.2) is 47.4 Å². The molecule has 6 heteroatoms. The summed E-state index contributed by atoms with van der Waals surface area (Å²) in [6.07, 6.45) is 78.2. The number of hydrogen-bond acceptors (Lipinski definition) is 5. The second kappa shape index (κ2) is 62.9. The molecule has 0 saturated carbocycles. The van der Waals surface area contributed by atoms with Crippen molar-refractivity contribution in [3.8, 4) is 0 Å². The molecule has 1 amide bonds. The fourth-order valence-electron chi connectivity index (χ4n) is 10.4. The van der Waals surface area contributed by atoms with Gasteiger partial charge in [-0.15, -0.1) is 0 Å². The number of carbonyl (C=O) groups is 2. The zero-order valence-corrected chi connectivity index (χ0v) is 49.4. The molecule has 2 atom stereocenters. The average molecular weight is 1030 g/mol. The topological polar surface area (TPSA) is 95.9 Å². The van der Waals surface area contributed by atoms with E-state index >= 15 is 0 Å². The predicted octanol–water partition coefficient (Wildman–Crippen LogP) is 21.0. The highest BCUT2D eigenvalue weighted by molar-refractivity contribution is 5.76. The smallest absolute Gasteiger partial charge is 0.305 e. The number of nitrogens with one attached hydrogen (secondary N) is 1. The summed E-state index contributed by atoms with van der Waals surface area (Å²) in [6, 6.07) is -0.624. The summed E-state index contributed by atoms with van der Waals surface area (Å²) in [6.45, 7) is 4.92. The van der Waals surface area contributed by atoms with Gasteiger partial charge in [0, 0.05) is 12.8 Å². The third kappa shape index (κ3) is 59.4. The second-order valence-corrected chi connectivity index (χ2v) is 22.8. The minimum absolute atomic E-state index is 0.0179. The van der Waals surface area contributed by atoms with Crippen molar-refractivity contribution in [3.63, 3.8) is 0 Å². The van der Waals surface area contributed by atoms with E-state index in [9.17, 15) is 19.8 Å². The van der Waals surface area contributed by atoms with Crippen molar-refractivity contribution in [1.82, 2.24) is 5.32 Å². The quantitative estimate of drug-likeness (QED) is 0.0320. The summed E-state index contributed by atoms with van der Waals surface area (Å²) in [5, 5.41) is 23.1. The normalized spacial score (nSPS) is 12.7. The molecule has 73 heavy (non-hydrogen) atoms. The van der Waals surface area contributed by atoms with Gasteiger partial charge in [0.15, 0.2) is 0 Å². The van der Waals surface area contributed by atoms with Gasteiger partial charge in [0.2, 0.25) is 5.91 Å². The maximum Gasteiger partial charge on any atom is 0.305 e. The van der Waals surface area contributed by atoms with Gasteiger partial charge in [0.25, 0.3) is 0 Å². The SMILES string of the molecule is CCCCCCCCCCCCC/C=C/C(O)C(CO)NC(=O)CCCCCCCCCCCCCCCCCC/C=C\CCCCCCCCCCCCCCOC(=O)CCCCCCCCCCCCC. The van der Waals surface area contributed by atoms with E-state index in [0.29, 0.717) is 19.4 Å². The van der Waals surface area contributed by atoms with Crippen molar-refractivity contribution in [2.75, 3.05) is 13.2 Å². The number of rotatable bonds is 62. The highest BCUT2D eigenvalue weighted by atomic mass is 16.5. The molecular weight excluding hydrogens is 899 g/mol. The lowest BCUT2D eigenvalue weighted by molar-refractivity contribution is -0.143. The molecule has 0 aromatic heterocycles. The largest absolute Gasteiger partial charge is 0.466 e. The number of allylic oxidation sites excluding steroid dienone is 3. The lowest BCUT2D eigenvalue weighted by atomic mass is 10.0. The maximum absolute atomic E-state index is 12.5. The number of unbranched alkanes of at least 4 members (excludes halogenated alkanes) is 49.